The molecule has 1 atom stereocenters. The van der Waals surface area contributed by atoms with Crippen LogP contribution in [0.25, 0.3) is 0 Å². The highest BCUT2D eigenvalue weighted by molar-refractivity contribution is 9.08. The van der Waals surface area contributed by atoms with E-state index in [1.165, 1.54) is 5.56 Å². The third-order valence-electron chi connectivity index (χ3n) is 1.83. The molecular formula is C11H14BrClO. The van der Waals surface area contributed by atoms with Crippen LogP contribution in [0.4, 0.5) is 0 Å². The lowest BCUT2D eigenvalue weighted by atomic mass is 10.2. The van der Waals surface area contributed by atoms with E-state index in [1.807, 2.05) is 38.1 Å². The number of hydrogen-bond acceptors (Lipinski definition) is 1. The molecule has 0 aliphatic rings. The molecule has 0 saturated heterocycles. The summed E-state index contributed by atoms with van der Waals surface area (Å²) >= 11 is 9.41. The fraction of sp³-hybridized carbons (Fsp3) is 0.455. The summed E-state index contributed by atoms with van der Waals surface area (Å²) in [6, 6.07) is 7.92. The van der Waals surface area contributed by atoms with E-state index in [9.17, 15) is 0 Å². The maximum Gasteiger partial charge on any atom is 0.174 e. The molecule has 0 N–H and O–H groups in total. The van der Waals surface area contributed by atoms with Crippen molar-refractivity contribution in [3.63, 3.8) is 0 Å². The van der Waals surface area contributed by atoms with E-state index >= 15 is 0 Å². The van der Waals surface area contributed by atoms with E-state index < -0.39 is 0 Å². The maximum atomic E-state index is 6.01. The van der Waals surface area contributed by atoms with Gasteiger partial charge in [0, 0.05) is 11.2 Å². The minimum absolute atomic E-state index is 0.263. The molecule has 78 valence electrons. The van der Waals surface area contributed by atoms with Gasteiger partial charge in [0.2, 0.25) is 0 Å². The van der Waals surface area contributed by atoms with Gasteiger partial charge in [0.25, 0.3) is 0 Å². The van der Waals surface area contributed by atoms with Crippen molar-refractivity contribution < 1.29 is 4.74 Å². The predicted molar refractivity (Wildman–Crippen MR) is 64.2 cm³/mol. The van der Waals surface area contributed by atoms with Gasteiger partial charge in [0.05, 0.1) is 0 Å². The topological polar surface area (TPSA) is 9.23 Å². The van der Waals surface area contributed by atoms with Crippen molar-refractivity contribution >= 4 is 27.5 Å². The van der Waals surface area contributed by atoms with Gasteiger partial charge in [-0.25, -0.2) is 0 Å². The first-order valence-electron chi connectivity index (χ1n) is 4.59. The second-order valence-corrected chi connectivity index (χ2v) is 4.48. The van der Waals surface area contributed by atoms with E-state index in [4.69, 9.17) is 16.3 Å². The molecule has 0 aromatic heterocycles. The summed E-state index contributed by atoms with van der Waals surface area (Å²) in [5.41, 5.74) is 0.927. The van der Waals surface area contributed by atoms with Crippen LogP contribution in [0.5, 0.6) is 5.75 Å². The predicted octanol–water partition coefficient (Wildman–Crippen LogP) is 4.18. The maximum absolute atomic E-state index is 6.01. The molecule has 0 spiro atoms. The van der Waals surface area contributed by atoms with E-state index in [2.05, 4.69) is 15.9 Å². The van der Waals surface area contributed by atoms with Crippen LogP contribution in [0.15, 0.2) is 24.3 Å². The van der Waals surface area contributed by atoms with Crippen LogP contribution >= 0.6 is 27.5 Å². The number of alkyl halides is 2. The summed E-state index contributed by atoms with van der Waals surface area (Å²) < 4.78 is 5.56. The first kappa shape index (κ1) is 11.9. The molecule has 0 heterocycles. The lowest BCUT2D eigenvalue weighted by Crippen LogP contribution is -2.15. The normalized spacial score (nSPS) is 12.9. The highest BCUT2D eigenvalue weighted by Gasteiger charge is 2.10. The molecule has 3 heteroatoms. The van der Waals surface area contributed by atoms with Crippen LogP contribution in [-0.2, 0) is 5.33 Å². The van der Waals surface area contributed by atoms with Crippen LogP contribution in [0.2, 0.25) is 0 Å². The first-order chi connectivity index (χ1) is 6.63. The Kier molecular flexibility index (Phi) is 4.76. The van der Waals surface area contributed by atoms with E-state index in [1.54, 1.807) is 0 Å². The van der Waals surface area contributed by atoms with Gasteiger partial charge in [-0.1, -0.05) is 53.5 Å². The molecule has 0 bridgehead atoms. The number of benzene rings is 1. The molecule has 0 saturated carbocycles. The molecule has 0 aliphatic carbocycles. The molecular weight excluding hydrogens is 263 g/mol. The Morgan fingerprint density at radius 1 is 1.43 bits per heavy atom. The summed E-state index contributed by atoms with van der Waals surface area (Å²) in [5.74, 6) is 1.14. The van der Waals surface area contributed by atoms with Crippen molar-refractivity contribution in [3.05, 3.63) is 29.8 Å². The van der Waals surface area contributed by atoms with Gasteiger partial charge in [-0.2, -0.15) is 0 Å². The van der Waals surface area contributed by atoms with Crippen molar-refractivity contribution in [2.45, 2.75) is 24.7 Å². The van der Waals surface area contributed by atoms with E-state index in [0.717, 1.165) is 11.1 Å². The van der Waals surface area contributed by atoms with Crippen LogP contribution in [-0.4, -0.2) is 5.56 Å². The first-order valence-corrected chi connectivity index (χ1v) is 6.15. The Bertz CT molecular complexity index is 288. The SMILES string of the molecule is CC(C)C(Cl)Oc1cccc(CBr)c1. The fourth-order valence-corrected chi connectivity index (χ4v) is 1.42. The second kappa shape index (κ2) is 5.62. The van der Waals surface area contributed by atoms with Crippen molar-refractivity contribution in [1.29, 1.82) is 0 Å². The van der Waals surface area contributed by atoms with Gasteiger partial charge < -0.3 is 4.74 Å². The third kappa shape index (κ3) is 3.50. The van der Waals surface area contributed by atoms with Gasteiger partial charge >= 0.3 is 0 Å². The largest absolute Gasteiger partial charge is 0.474 e. The van der Waals surface area contributed by atoms with E-state index in [0.29, 0.717) is 5.92 Å². The molecule has 1 rings (SSSR count). The van der Waals surface area contributed by atoms with Gasteiger partial charge in [0.15, 0.2) is 5.56 Å². The summed E-state index contributed by atoms with van der Waals surface area (Å²) in [5, 5.41) is 0.832. The van der Waals surface area contributed by atoms with Crippen LogP contribution < -0.4 is 4.74 Å². The van der Waals surface area contributed by atoms with Gasteiger partial charge in [-0.3, -0.25) is 0 Å². The number of hydrogen-bond donors (Lipinski definition) is 0. The lowest BCUT2D eigenvalue weighted by molar-refractivity contribution is 0.229. The van der Waals surface area contributed by atoms with Crippen LogP contribution in [0.3, 0.4) is 0 Å². The number of rotatable bonds is 4. The highest BCUT2D eigenvalue weighted by atomic mass is 79.9. The zero-order chi connectivity index (χ0) is 10.6. The van der Waals surface area contributed by atoms with Crippen molar-refractivity contribution in [1.82, 2.24) is 0 Å². The Morgan fingerprint density at radius 3 is 2.71 bits per heavy atom. The molecule has 0 aliphatic heterocycles. The molecule has 1 aromatic carbocycles. The fourth-order valence-electron chi connectivity index (χ4n) is 0.968. The smallest absolute Gasteiger partial charge is 0.174 e. The standard InChI is InChI=1S/C11H14BrClO/c1-8(2)11(13)14-10-5-3-4-9(6-10)7-12/h3-6,8,11H,7H2,1-2H3. The highest BCUT2D eigenvalue weighted by Crippen LogP contribution is 2.20. The summed E-state index contributed by atoms with van der Waals surface area (Å²) in [4.78, 5) is 0. The number of ether oxygens (including phenoxy) is 1. The zero-order valence-corrected chi connectivity index (χ0v) is 10.7. The van der Waals surface area contributed by atoms with Gasteiger partial charge in [-0.15, -0.1) is 0 Å². The van der Waals surface area contributed by atoms with E-state index in [-0.39, 0.29) is 5.56 Å². The average molecular weight is 278 g/mol. The van der Waals surface area contributed by atoms with Gasteiger partial charge in [0.1, 0.15) is 5.75 Å². The van der Waals surface area contributed by atoms with Crippen molar-refractivity contribution in [3.8, 4) is 5.75 Å². The Labute approximate surface area is 98.5 Å². The zero-order valence-electron chi connectivity index (χ0n) is 8.34. The van der Waals surface area contributed by atoms with Gasteiger partial charge in [-0.05, 0) is 17.7 Å². The average Bonchev–Trinajstić information content (AvgIpc) is 2.18. The number of halogens is 2. The molecule has 0 amide bonds. The van der Waals surface area contributed by atoms with Crippen LogP contribution in [0.1, 0.15) is 19.4 Å². The Balaban J connectivity index is 2.66. The van der Waals surface area contributed by atoms with Crippen molar-refractivity contribution in [2.75, 3.05) is 0 Å². The minimum Gasteiger partial charge on any atom is -0.474 e. The quantitative estimate of drug-likeness (QED) is 0.750. The molecule has 1 nitrogen and oxygen atoms in total. The summed E-state index contributed by atoms with van der Waals surface area (Å²) in [6.45, 7) is 4.07. The minimum atomic E-state index is -0.263. The molecule has 0 radical (unpaired) electrons. The molecule has 14 heavy (non-hydrogen) atoms. The Hall–Kier alpha value is -0.210. The second-order valence-electron chi connectivity index (χ2n) is 3.49. The lowest BCUT2D eigenvalue weighted by Gasteiger charge is -2.16. The summed E-state index contributed by atoms with van der Waals surface area (Å²) in [6.07, 6.45) is 0. The Morgan fingerprint density at radius 2 is 2.14 bits per heavy atom. The molecule has 1 aromatic rings. The molecule has 0 fully saturated rings. The molecule has 1 unspecified atom stereocenters. The summed E-state index contributed by atoms with van der Waals surface area (Å²) in [7, 11) is 0. The van der Waals surface area contributed by atoms with Crippen molar-refractivity contribution in [2.24, 2.45) is 5.92 Å². The van der Waals surface area contributed by atoms with Crippen LogP contribution in [0, 0.1) is 5.92 Å². The monoisotopic (exact) mass is 276 g/mol. The third-order valence-corrected chi connectivity index (χ3v) is 3.07.